The van der Waals surface area contributed by atoms with Crippen LogP contribution in [0.15, 0.2) is 235 Å². The van der Waals surface area contributed by atoms with Gasteiger partial charge in [0.1, 0.15) is 5.52 Å². The topological polar surface area (TPSA) is 29.3 Å². The zero-order chi connectivity index (χ0) is 48.3. The van der Waals surface area contributed by atoms with Gasteiger partial charge in [0.15, 0.2) is 5.58 Å². The number of hydrogen-bond donors (Lipinski definition) is 0. The normalized spacial score (nSPS) is 14.3. The van der Waals surface area contributed by atoms with Gasteiger partial charge in [-0.2, -0.15) is 0 Å². The maximum Gasteiger partial charge on any atom is 0.227 e. The molecule has 3 nitrogen and oxygen atoms in total. The lowest BCUT2D eigenvalue weighted by Crippen LogP contribution is -2.28. The molecule has 0 unspecified atom stereocenters. The SMILES string of the molecule is [2H]c1c([2H])c([2H])c2c(c1[2H])c(-c1nc3ccccc3o1)c([2H])c1c2sc2c([2H])cc(N(c3ccc(-c4ccccc4)cc3)c3ccc4c(c3)C(c3ccccc3)(c3ccccc3)c3ccccc3-4)c([2H])c21. The predicted octanol–water partition coefficient (Wildman–Crippen LogP) is 16.5. The number of aromatic nitrogens is 1. The summed E-state index contributed by atoms with van der Waals surface area (Å²) in [5.41, 5.74) is 11.0. The van der Waals surface area contributed by atoms with Crippen LogP contribution in [0.1, 0.15) is 31.8 Å². The van der Waals surface area contributed by atoms with E-state index in [9.17, 15) is 6.85 Å². The van der Waals surface area contributed by atoms with Crippen LogP contribution in [0.3, 0.4) is 0 Å². The van der Waals surface area contributed by atoms with Crippen LogP contribution in [0, 0.1) is 0 Å². The maximum atomic E-state index is 10.4. The van der Waals surface area contributed by atoms with E-state index in [1.165, 1.54) is 0 Å². The quantitative estimate of drug-likeness (QED) is 0.160. The molecule has 2 heterocycles. The van der Waals surface area contributed by atoms with E-state index >= 15 is 0 Å². The number of oxazole rings is 1. The summed E-state index contributed by atoms with van der Waals surface area (Å²) < 4.78 is 73.4. The summed E-state index contributed by atoms with van der Waals surface area (Å²) in [7, 11) is 0. The smallest absolute Gasteiger partial charge is 0.227 e. The summed E-state index contributed by atoms with van der Waals surface area (Å²) in [6.45, 7) is 0. The van der Waals surface area contributed by atoms with Crippen molar-refractivity contribution < 1.29 is 14.0 Å². The van der Waals surface area contributed by atoms with Gasteiger partial charge in [0.25, 0.3) is 0 Å². The Morgan fingerprint density at radius 1 is 0.484 bits per heavy atom. The first-order valence-corrected chi connectivity index (χ1v) is 22.0. The highest BCUT2D eigenvalue weighted by atomic mass is 32.1. The molecule has 0 amide bonds. The Balaban J connectivity index is 1.12. The lowest BCUT2D eigenvalue weighted by molar-refractivity contribution is 0.621. The molecule has 64 heavy (non-hydrogen) atoms. The molecule has 0 N–H and O–H groups in total. The molecular formula is C60H38N2OS. The average Bonchev–Trinajstić information content (AvgIpc) is 4.12. The fourth-order valence-corrected chi connectivity index (χ4v) is 10.9. The van der Waals surface area contributed by atoms with Gasteiger partial charge in [-0.15, -0.1) is 11.3 Å². The Labute approximate surface area is 384 Å². The molecule has 0 radical (unpaired) electrons. The molecule has 10 aromatic carbocycles. The van der Waals surface area contributed by atoms with Crippen LogP contribution < -0.4 is 4.90 Å². The molecule has 13 rings (SSSR count). The molecule has 2 aromatic heterocycles. The molecule has 0 spiro atoms. The fourth-order valence-electron chi connectivity index (χ4n) is 9.80. The molecule has 0 saturated carbocycles. The number of benzene rings is 10. The number of nitrogens with zero attached hydrogens (tertiary/aromatic N) is 2. The van der Waals surface area contributed by atoms with E-state index in [1.807, 2.05) is 59.5 Å². The largest absolute Gasteiger partial charge is 0.436 e. The van der Waals surface area contributed by atoms with E-state index in [0.29, 0.717) is 31.6 Å². The molecule has 0 atom stereocenters. The van der Waals surface area contributed by atoms with Gasteiger partial charge >= 0.3 is 0 Å². The molecular weight excluding hydrogens is 797 g/mol. The Morgan fingerprint density at radius 2 is 1.12 bits per heavy atom. The van der Waals surface area contributed by atoms with Gasteiger partial charge in [-0.3, -0.25) is 0 Å². The van der Waals surface area contributed by atoms with Crippen LogP contribution in [-0.4, -0.2) is 4.98 Å². The Bertz CT molecular complexity index is 4070. The summed E-state index contributed by atoms with van der Waals surface area (Å²) in [6, 6.07) is 62.0. The third-order valence-electron chi connectivity index (χ3n) is 12.6. The van der Waals surface area contributed by atoms with E-state index in [0.717, 1.165) is 67.2 Å². The van der Waals surface area contributed by atoms with E-state index in [2.05, 4.69) is 115 Å². The zero-order valence-electron chi connectivity index (χ0n) is 41.1. The fraction of sp³-hybridized carbons (Fsp3) is 0.0167. The molecule has 0 fully saturated rings. The summed E-state index contributed by atoms with van der Waals surface area (Å²) in [6.07, 6.45) is 0. The highest BCUT2D eigenvalue weighted by Crippen LogP contribution is 2.57. The Kier molecular flexibility index (Phi) is 6.82. The van der Waals surface area contributed by atoms with Crippen molar-refractivity contribution in [1.82, 2.24) is 4.98 Å². The van der Waals surface area contributed by atoms with Crippen molar-refractivity contribution in [2.24, 2.45) is 0 Å². The first-order chi connectivity index (χ1) is 34.6. The van der Waals surface area contributed by atoms with E-state index in [4.69, 9.17) is 12.1 Å². The number of anilines is 3. The van der Waals surface area contributed by atoms with Gasteiger partial charge in [0.2, 0.25) is 5.89 Å². The highest BCUT2D eigenvalue weighted by Gasteiger charge is 2.46. The minimum absolute atomic E-state index is 0.0286. The molecule has 0 aliphatic heterocycles. The predicted molar refractivity (Wildman–Crippen MR) is 267 cm³/mol. The first kappa shape index (κ1) is 30.1. The van der Waals surface area contributed by atoms with E-state index < -0.39 is 17.5 Å². The van der Waals surface area contributed by atoms with Crippen LogP contribution >= 0.6 is 11.3 Å². The average molecular weight is 842 g/mol. The number of hydrogen-bond acceptors (Lipinski definition) is 4. The van der Waals surface area contributed by atoms with Gasteiger partial charge in [0, 0.05) is 48.2 Å². The van der Waals surface area contributed by atoms with Crippen LogP contribution in [0.25, 0.3) is 75.8 Å². The third kappa shape index (κ3) is 5.56. The number of para-hydroxylation sites is 2. The van der Waals surface area contributed by atoms with Crippen LogP contribution in [0.5, 0.6) is 0 Å². The van der Waals surface area contributed by atoms with E-state index in [1.54, 1.807) is 18.2 Å². The Morgan fingerprint density at radius 3 is 1.89 bits per heavy atom. The molecule has 0 bridgehead atoms. The number of fused-ring (bicyclic) bond motifs is 9. The van der Waals surface area contributed by atoms with Crippen LogP contribution in [0.2, 0.25) is 0 Å². The monoisotopic (exact) mass is 841 g/mol. The molecule has 0 saturated heterocycles. The molecule has 4 heteroatoms. The van der Waals surface area contributed by atoms with Crippen LogP contribution in [-0.2, 0) is 5.41 Å². The first-order valence-electron chi connectivity index (χ1n) is 24.7. The molecule has 1 aliphatic carbocycles. The van der Waals surface area contributed by atoms with Crippen molar-refractivity contribution >= 4 is 70.4 Å². The lowest BCUT2D eigenvalue weighted by atomic mass is 9.67. The van der Waals surface area contributed by atoms with Gasteiger partial charge in [-0.05, 0) is 110 Å². The summed E-state index contributed by atoms with van der Waals surface area (Å²) >= 11 is 1.16. The van der Waals surface area contributed by atoms with Crippen molar-refractivity contribution in [2.45, 2.75) is 5.41 Å². The van der Waals surface area contributed by atoms with Gasteiger partial charge < -0.3 is 9.32 Å². The lowest BCUT2D eigenvalue weighted by Gasteiger charge is -2.35. The molecule has 12 aromatic rings. The van der Waals surface area contributed by atoms with Crippen LogP contribution in [0.4, 0.5) is 17.1 Å². The van der Waals surface area contributed by atoms with Gasteiger partial charge in [-0.1, -0.05) is 170 Å². The van der Waals surface area contributed by atoms with Crippen molar-refractivity contribution in [3.8, 4) is 33.7 Å². The second-order valence-electron chi connectivity index (χ2n) is 16.1. The highest BCUT2D eigenvalue weighted by molar-refractivity contribution is 7.26. The molecule has 300 valence electrons. The summed E-state index contributed by atoms with van der Waals surface area (Å²) in [5.74, 6) is 0.0286. The Hall–Kier alpha value is -8.05. The number of thiophene rings is 1. The van der Waals surface area contributed by atoms with Crippen molar-refractivity contribution in [2.75, 3.05) is 4.90 Å². The van der Waals surface area contributed by atoms with Gasteiger partial charge in [-0.25, -0.2) is 4.98 Å². The maximum absolute atomic E-state index is 10.4. The summed E-state index contributed by atoms with van der Waals surface area (Å²) in [5, 5.41) is 0.901. The molecule has 1 aliphatic rings. The van der Waals surface area contributed by atoms with Gasteiger partial charge in [0.05, 0.1) is 15.0 Å². The zero-order valence-corrected chi connectivity index (χ0v) is 34.9. The third-order valence-corrected chi connectivity index (χ3v) is 13.7. The minimum atomic E-state index is -0.715. The summed E-state index contributed by atoms with van der Waals surface area (Å²) in [4.78, 5) is 6.78. The van der Waals surface area contributed by atoms with Crippen molar-refractivity contribution in [1.29, 1.82) is 0 Å². The van der Waals surface area contributed by atoms with Crippen molar-refractivity contribution in [3.63, 3.8) is 0 Å². The second-order valence-corrected chi connectivity index (χ2v) is 17.1. The number of rotatable bonds is 7. The second kappa shape index (κ2) is 14.5. The van der Waals surface area contributed by atoms with E-state index in [-0.39, 0.29) is 57.8 Å². The minimum Gasteiger partial charge on any atom is -0.436 e. The standard InChI is InChI=1S/C60H38N2OS/c1-4-16-39(17-5-1)40-28-30-43(31-29-40)62(45-32-34-48-47-23-12-13-25-53(47)60(54(48)37-45,41-18-6-2-7-19-41)42-20-8-3-9-21-42)44-33-35-57-50(36-44)51-38-52(46-22-10-11-24-49(46)58(51)64-57)59-61-55-26-14-15-27-56(55)63-59/h1-38H/i10D,11D,22D,24D,35D,36D,38D. The van der Waals surface area contributed by atoms with Crippen molar-refractivity contribution in [3.05, 3.63) is 253 Å².